The maximum atomic E-state index is 12.7. The Morgan fingerprint density at radius 3 is 2.67 bits per heavy atom. The van der Waals surface area contributed by atoms with E-state index in [4.69, 9.17) is 11.6 Å². The number of rotatable bonds is 5. The molecule has 3 aromatic rings. The standard InChI is InChI=1S/C22H24ClN3O/c23-19-5-3-4-17(14-19)8-9-25-10-12-26(13-11-25)22(27)15-18-16-24-21-7-2-1-6-20(18)21/h1-7,14,16,24H,8-13,15H2. The number of aromatic nitrogens is 1. The van der Waals surface area contributed by atoms with Crippen molar-refractivity contribution in [1.29, 1.82) is 0 Å². The van der Waals surface area contributed by atoms with Gasteiger partial charge in [-0.15, -0.1) is 0 Å². The topological polar surface area (TPSA) is 39.3 Å². The maximum absolute atomic E-state index is 12.7. The van der Waals surface area contributed by atoms with E-state index in [9.17, 15) is 4.79 Å². The van der Waals surface area contributed by atoms with Crippen LogP contribution >= 0.6 is 11.6 Å². The number of carbonyl (C=O) groups excluding carboxylic acids is 1. The molecule has 0 radical (unpaired) electrons. The Kier molecular flexibility index (Phi) is 5.46. The number of hydrogen-bond donors (Lipinski definition) is 1. The maximum Gasteiger partial charge on any atom is 0.227 e. The lowest BCUT2D eigenvalue weighted by atomic mass is 10.1. The van der Waals surface area contributed by atoms with E-state index in [2.05, 4.69) is 22.0 Å². The van der Waals surface area contributed by atoms with Crippen molar-refractivity contribution in [3.8, 4) is 0 Å². The zero-order valence-electron chi connectivity index (χ0n) is 15.3. The van der Waals surface area contributed by atoms with Crippen LogP contribution < -0.4 is 0 Å². The molecule has 140 valence electrons. The van der Waals surface area contributed by atoms with Crippen molar-refractivity contribution < 1.29 is 4.79 Å². The molecule has 1 aliphatic rings. The molecule has 1 aliphatic heterocycles. The van der Waals surface area contributed by atoms with Gasteiger partial charge in [-0.1, -0.05) is 41.9 Å². The number of hydrogen-bond acceptors (Lipinski definition) is 2. The Morgan fingerprint density at radius 1 is 1.04 bits per heavy atom. The number of carbonyl (C=O) groups is 1. The predicted octanol–water partition coefficient (Wildman–Crippen LogP) is 3.75. The van der Waals surface area contributed by atoms with Crippen molar-refractivity contribution in [2.75, 3.05) is 32.7 Å². The van der Waals surface area contributed by atoms with Crippen LogP contribution in [0, 0.1) is 0 Å². The van der Waals surface area contributed by atoms with Crippen LogP contribution in [0.5, 0.6) is 0 Å². The van der Waals surface area contributed by atoms with Crippen LogP contribution in [0.4, 0.5) is 0 Å². The lowest BCUT2D eigenvalue weighted by molar-refractivity contribution is -0.132. The smallest absolute Gasteiger partial charge is 0.227 e. The summed E-state index contributed by atoms with van der Waals surface area (Å²) < 4.78 is 0. The second-order valence-electron chi connectivity index (χ2n) is 7.14. The van der Waals surface area contributed by atoms with Crippen molar-refractivity contribution in [2.45, 2.75) is 12.8 Å². The second-order valence-corrected chi connectivity index (χ2v) is 7.58. The molecule has 0 unspecified atom stereocenters. The average molecular weight is 382 g/mol. The zero-order valence-corrected chi connectivity index (χ0v) is 16.1. The minimum absolute atomic E-state index is 0.217. The number of nitrogens with one attached hydrogen (secondary N) is 1. The van der Waals surface area contributed by atoms with Crippen LogP contribution in [0.25, 0.3) is 10.9 Å². The molecule has 0 spiro atoms. The fourth-order valence-corrected chi connectivity index (χ4v) is 3.97. The van der Waals surface area contributed by atoms with Crippen molar-refractivity contribution in [3.05, 3.63) is 70.9 Å². The lowest BCUT2D eigenvalue weighted by Crippen LogP contribution is -2.49. The summed E-state index contributed by atoms with van der Waals surface area (Å²) in [4.78, 5) is 20.4. The number of H-pyrrole nitrogens is 1. The first-order chi connectivity index (χ1) is 13.2. The van der Waals surface area contributed by atoms with Crippen molar-refractivity contribution >= 4 is 28.4 Å². The summed E-state index contributed by atoms with van der Waals surface area (Å²) in [6, 6.07) is 16.2. The number of fused-ring (bicyclic) bond motifs is 1. The Labute approximate surface area is 164 Å². The Bertz CT molecular complexity index is 928. The molecule has 1 N–H and O–H groups in total. The highest BCUT2D eigenvalue weighted by molar-refractivity contribution is 6.30. The van der Waals surface area contributed by atoms with Gasteiger partial charge in [-0.25, -0.2) is 0 Å². The van der Waals surface area contributed by atoms with Gasteiger partial charge in [0.25, 0.3) is 0 Å². The van der Waals surface area contributed by atoms with E-state index in [-0.39, 0.29) is 5.91 Å². The van der Waals surface area contributed by atoms with Gasteiger partial charge in [0.1, 0.15) is 0 Å². The number of halogens is 1. The van der Waals surface area contributed by atoms with E-state index in [1.54, 1.807) is 0 Å². The molecule has 2 aromatic carbocycles. The normalized spacial score (nSPS) is 15.4. The van der Waals surface area contributed by atoms with E-state index in [1.165, 1.54) is 5.56 Å². The summed E-state index contributed by atoms with van der Waals surface area (Å²) >= 11 is 6.05. The Hall–Kier alpha value is -2.30. The molecular weight excluding hydrogens is 358 g/mol. The molecule has 0 aliphatic carbocycles. The van der Waals surface area contributed by atoms with Crippen molar-refractivity contribution in [3.63, 3.8) is 0 Å². The number of amides is 1. The Balaban J connectivity index is 1.28. The van der Waals surface area contributed by atoms with E-state index in [1.807, 2.05) is 47.5 Å². The van der Waals surface area contributed by atoms with E-state index in [0.717, 1.165) is 60.6 Å². The third-order valence-electron chi connectivity index (χ3n) is 5.35. The molecule has 4 rings (SSSR count). The summed E-state index contributed by atoms with van der Waals surface area (Å²) in [6.07, 6.45) is 3.42. The third kappa shape index (κ3) is 4.34. The number of aromatic amines is 1. The summed E-state index contributed by atoms with van der Waals surface area (Å²) in [5.74, 6) is 0.217. The summed E-state index contributed by atoms with van der Waals surface area (Å²) in [5, 5.41) is 1.94. The minimum atomic E-state index is 0.217. The summed E-state index contributed by atoms with van der Waals surface area (Å²) in [6.45, 7) is 4.47. The monoisotopic (exact) mass is 381 g/mol. The lowest BCUT2D eigenvalue weighted by Gasteiger charge is -2.34. The molecule has 2 heterocycles. The molecule has 1 aromatic heterocycles. The molecule has 27 heavy (non-hydrogen) atoms. The highest BCUT2D eigenvalue weighted by Crippen LogP contribution is 2.19. The van der Waals surface area contributed by atoms with Crippen LogP contribution in [0.15, 0.2) is 54.7 Å². The van der Waals surface area contributed by atoms with Gasteiger partial charge in [0.2, 0.25) is 5.91 Å². The first-order valence-corrected chi connectivity index (χ1v) is 9.86. The highest BCUT2D eigenvalue weighted by atomic mass is 35.5. The first-order valence-electron chi connectivity index (χ1n) is 9.48. The van der Waals surface area contributed by atoms with Gasteiger partial charge in [-0.05, 0) is 35.7 Å². The molecule has 0 atom stereocenters. The van der Waals surface area contributed by atoms with E-state index >= 15 is 0 Å². The van der Waals surface area contributed by atoms with Crippen LogP contribution in [0.1, 0.15) is 11.1 Å². The first kappa shape index (κ1) is 18.1. The average Bonchev–Trinajstić information content (AvgIpc) is 3.10. The number of nitrogens with zero attached hydrogens (tertiary/aromatic N) is 2. The molecule has 0 saturated carbocycles. The van der Waals surface area contributed by atoms with Gasteiger partial charge < -0.3 is 9.88 Å². The van der Waals surface area contributed by atoms with Gasteiger partial charge in [0.15, 0.2) is 0 Å². The van der Waals surface area contributed by atoms with Crippen LogP contribution in [0.3, 0.4) is 0 Å². The highest BCUT2D eigenvalue weighted by Gasteiger charge is 2.21. The summed E-state index contributed by atoms with van der Waals surface area (Å²) in [5.41, 5.74) is 3.44. The number of benzene rings is 2. The second kappa shape index (κ2) is 8.15. The molecular formula is C22H24ClN3O. The zero-order chi connectivity index (χ0) is 18.6. The molecule has 0 bridgehead atoms. The quantitative estimate of drug-likeness (QED) is 0.731. The largest absolute Gasteiger partial charge is 0.361 e. The predicted molar refractivity (Wildman–Crippen MR) is 110 cm³/mol. The van der Waals surface area contributed by atoms with Gasteiger partial charge in [0, 0.05) is 54.8 Å². The van der Waals surface area contributed by atoms with Gasteiger partial charge >= 0.3 is 0 Å². The van der Waals surface area contributed by atoms with Crippen LogP contribution in [0.2, 0.25) is 5.02 Å². The SMILES string of the molecule is O=C(Cc1c[nH]c2ccccc12)N1CCN(CCc2cccc(Cl)c2)CC1. The van der Waals surface area contributed by atoms with Gasteiger partial charge in [-0.3, -0.25) is 9.69 Å². The molecule has 5 heteroatoms. The van der Waals surface area contributed by atoms with Gasteiger partial charge in [-0.2, -0.15) is 0 Å². The Morgan fingerprint density at radius 2 is 1.85 bits per heavy atom. The molecule has 1 fully saturated rings. The van der Waals surface area contributed by atoms with E-state index < -0.39 is 0 Å². The van der Waals surface area contributed by atoms with Crippen molar-refractivity contribution in [2.24, 2.45) is 0 Å². The third-order valence-corrected chi connectivity index (χ3v) is 5.58. The van der Waals surface area contributed by atoms with Gasteiger partial charge in [0.05, 0.1) is 6.42 Å². The van der Waals surface area contributed by atoms with Crippen molar-refractivity contribution in [1.82, 2.24) is 14.8 Å². The number of piperazine rings is 1. The number of para-hydroxylation sites is 1. The minimum Gasteiger partial charge on any atom is -0.361 e. The molecule has 1 saturated heterocycles. The fraction of sp³-hybridized carbons (Fsp3) is 0.318. The molecule has 1 amide bonds. The summed E-state index contributed by atoms with van der Waals surface area (Å²) in [7, 11) is 0. The van der Waals surface area contributed by atoms with Crippen LogP contribution in [-0.2, 0) is 17.6 Å². The van der Waals surface area contributed by atoms with Crippen LogP contribution in [-0.4, -0.2) is 53.4 Å². The molecule has 4 nitrogen and oxygen atoms in total. The van der Waals surface area contributed by atoms with E-state index in [0.29, 0.717) is 6.42 Å². The fourth-order valence-electron chi connectivity index (χ4n) is 3.75.